The van der Waals surface area contributed by atoms with Crippen LogP contribution in [0, 0.1) is 17.2 Å². The van der Waals surface area contributed by atoms with E-state index >= 15 is 0 Å². The first-order valence-electron chi connectivity index (χ1n) is 10.3. The van der Waals surface area contributed by atoms with Crippen LogP contribution in [0.1, 0.15) is 50.5 Å². The summed E-state index contributed by atoms with van der Waals surface area (Å²) in [6.07, 6.45) is 7.58. The minimum atomic E-state index is -0.273. The summed E-state index contributed by atoms with van der Waals surface area (Å²) in [6, 6.07) is 6.18. The Morgan fingerprint density at radius 3 is 2.37 bits per heavy atom. The molecule has 2 saturated heterocycles. The molecule has 1 aliphatic carbocycles. The number of amides is 2. The van der Waals surface area contributed by atoms with Crippen LogP contribution in [0.25, 0.3) is 0 Å². The monoisotopic (exact) mass is 372 g/mol. The van der Waals surface area contributed by atoms with Crippen LogP contribution in [0.4, 0.5) is 4.39 Å². The van der Waals surface area contributed by atoms with Gasteiger partial charge in [0.2, 0.25) is 11.8 Å². The van der Waals surface area contributed by atoms with Crippen molar-refractivity contribution in [1.82, 2.24) is 9.80 Å². The number of hydrogen-bond donors (Lipinski definition) is 0. The van der Waals surface area contributed by atoms with Crippen LogP contribution >= 0.6 is 0 Å². The van der Waals surface area contributed by atoms with E-state index in [-0.39, 0.29) is 17.1 Å². The predicted molar refractivity (Wildman–Crippen MR) is 102 cm³/mol. The molecule has 2 amide bonds. The molecule has 0 unspecified atom stereocenters. The summed E-state index contributed by atoms with van der Waals surface area (Å²) in [6.45, 7) is 3.39. The average Bonchev–Trinajstić information content (AvgIpc) is 3.50. The second kappa shape index (κ2) is 7.61. The summed E-state index contributed by atoms with van der Waals surface area (Å²) in [4.78, 5) is 29.1. The summed E-state index contributed by atoms with van der Waals surface area (Å²) in [5.41, 5.74) is 1.08. The van der Waals surface area contributed by atoms with Gasteiger partial charge in [-0.2, -0.15) is 0 Å². The molecule has 3 fully saturated rings. The van der Waals surface area contributed by atoms with Crippen LogP contribution in [0.2, 0.25) is 0 Å². The van der Waals surface area contributed by atoms with Crippen LogP contribution < -0.4 is 0 Å². The van der Waals surface area contributed by atoms with Gasteiger partial charge in [-0.15, -0.1) is 0 Å². The van der Waals surface area contributed by atoms with Crippen molar-refractivity contribution in [3.8, 4) is 0 Å². The zero-order chi connectivity index (χ0) is 18.9. The predicted octanol–water partition coefficient (Wildman–Crippen LogP) is 3.40. The van der Waals surface area contributed by atoms with Crippen molar-refractivity contribution in [1.29, 1.82) is 0 Å². The summed E-state index contributed by atoms with van der Waals surface area (Å²) in [7, 11) is 0. The lowest BCUT2D eigenvalue weighted by atomic mass is 9.73. The quantitative estimate of drug-likeness (QED) is 0.813. The van der Waals surface area contributed by atoms with Gasteiger partial charge in [0.05, 0.1) is 6.42 Å². The summed E-state index contributed by atoms with van der Waals surface area (Å²) in [5, 5.41) is 0. The molecular formula is C22H29FN2O2. The van der Waals surface area contributed by atoms with Gasteiger partial charge in [-0.05, 0) is 67.6 Å². The van der Waals surface area contributed by atoms with Gasteiger partial charge in [0.25, 0.3) is 0 Å². The van der Waals surface area contributed by atoms with E-state index in [4.69, 9.17) is 0 Å². The fourth-order valence-corrected chi connectivity index (χ4v) is 4.58. The molecule has 1 saturated carbocycles. The van der Waals surface area contributed by atoms with Crippen LogP contribution in [0.3, 0.4) is 0 Å². The molecule has 5 heteroatoms. The molecule has 0 N–H and O–H groups in total. The normalized spacial score (nSPS) is 22.8. The maximum atomic E-state index is 13.0. The molecule has 3 aliphatic rings. The number of likely N-dealkylation sites (tertiary alicyclic amines) is 2. The Morgan fingerprint density at radius 2 is 1.70 bits per heavy atom. The van der Waals surface area contributed by atoms with E-state index in [1.165, 1.54) is 25.0 Å². The standard InChI is InChI=1S/C22H29FN2O2/c23-19-5-3-17(4-6-19)15-21(27)24-12-9-22(10-13-24)8-7-20(26)25(14-11-22)16-18-1-2-18/h3-6,18H,1-2,7-16H2. The van der Waals surface area contributed by atoms with Gasteiger partial charge in [0.15, 0.2) is 0 Å². The topological polar surface area (TPSA) is 40.6 Å². The molecule has 146 valence electrons. The van der Waals surface area contributed by atoms with Gasteiger partial charge in [0.1, 0.15) is 5.82 Å². The highest BCUT2D eigenvalue weighted by Crippen LogP contribution is 2.42. The number of hydrogen-bond acceptors (Lipinski definition) is 2. The number of nitrogens with zero attached hydrogens (tertiary/aromatic N) is 2. The van der Waals surface area contributed by atoms with Gasteiger partial charge in [0, 0.05) is 32.6 Å². The Bertz CT molecular complexity index is 691. The highest BCUT2D eigenvalue weighted by Gasteiger charge is 2.39. The lowest BCUT2D eigenvalue weighted by Crippen LogP contribution is -2.44. The molecule has 0 radical (unpaired) electrons. The minimum Gasteiger partial charge on any atom is -0.342 e. The molecule has 27 heavy (non-hydrogen) atoms. The van der Waals surface area contributed by atoms with Crippen LogP contribution in [0.15, 0.2) is 24.3 Å². The Hall–Kier alpha value is -1.91. The van der Waals surface area contributed by atoms with Crippen molar-refractivity contribution in [3.05, 3.63) is 35.6 Å². The van der Waals surface area contributed by atoms with Crippen molar-refractivity contribution in [2.75, 3.05) is 26.2 Å². The van der Waals surface area contributed by atoms with Crippen molar-refractivity contribution >= 4 is 11.8 Å². The number of halogens is 1. The Kier molecular flexibility index (Phi) is 5.20. The van der Waals surface area contributed by atoms with Gasteiger partial charge in [-0.3, -0.25) is 9.59 Å². The SMILES string of the molecule is O=C(Cc1ccc(F)cc1)N1CCC2(CCC(=O)N(CC3CC3)CC2)CC1. The zero-order valence-corrected chi connectivity index (χ0v) is 16.0. The van der Waals surface area contributed by atoms with E-state index in [1.807, 2.05) is 4.90 Å². The molecule has 4 rings (SSSR count). The molecule has 0 aromatic heterocycles. The van der Waals surface area contributed by atoms with E-state index in [9.17, 15) is 14.0 Å². The molecule has 2 heterocycles. The van der Waals surface area contributed by atoms with Crippen molar-refractivity contribution < 1.29 is 14.0 Å². The third-order valence-electron chi connectivity index (χ3n) is 6.75. The molecule has 1 aromatic rings. The third kappa shape index (κ3) is 4.50. The maximum Gasteiger partial charge on any atom is 0.226 e. The van der Waals surface area contributed by atoms with Gasteiger partial charge in [-0.25, -0.2) is 4.39 Å². The van der Waals surface area contributed by atoms with Gasteiger partial charge in [-0.1, -0.05) is 12.1 Å². The summed E-state index contributed by atoms with van der Waals surface area (Å²) in [5.74, 6) is 0.920. The highest BCUT2D eigenvalue weighted by molar-refractivity contribution is 5.79. The Labute approximate surface area is 160 Å². The van der Waals surface area contributed by atoms with E-state index in [0.29, 0.717) is 18.7 Å². The van der Waals surface area contributed by atoms with E-state index in [0.717, 1.165) is 63.3 Å². The minimum absolute atomic E-state index is 0.122. The van der Waals surface area contributed by atoms with Gasteiger partial charge >= 0.3 is 0 Å². The van der Waals surface area contributed by atoms with Crippen molar-refractivity contribution in [3.63, 3.8) is 0 Å². The molecule has 0 atom stereocenters. The molecule has 1 spiro atoms. The second-order valence-electron chi connectivity index (χ2n) is 8.72. The Morgan fingerprint density at radius 1 is 1.04 bits per heavy atom. The van der Waals surface area contributed by atoms with Gasteiger partial charge < -0.3 is 9.80 Å². The largest absolute Gasteiger partial charge is 0.342 e. The molecular weight excluding hydrogens is 343 g/mol. The van der Waals surface area contributed by atoms with E-state index in [2.05, 4.69) is 4.90 Å². The lowest BCUT2D eigenvalue weighted by Gasteiger charge is -2.41. The number of rotatable bonds is 4. The molecule has 2 aliphatic heterocycles. The summed E-state index contributed by atoms with van der Waals surface area (Å²) >= 11 is 0. The molecule has 0 bridgehead atoms. The Balaban J connectivity index is 1.30. The van der Waals surface area contributed by atoms with Crippen molar-refractivity contribution in [2.45, 2.75) is 51.4 Å². The number of benzene rings is 1. The van der Waals surface area contributed by atoms with E-state index in [1.54, 1.807) is 12.1 Å². The first-order chi connectivity index (χ1) is 13.0. The fraction of sp³-hybridized carbons (Fsp3) is 0.636. The number of carbonyl (C=O) groups excluding carboxylic acids is 2. The lowest BCUT2D eigenvalue weighted by molar-refractivity contribution is -0.133. The van der Waals surface area contributed by atoms with Crippen LogP contribution in [-0.2, 0) is 16.0 Å². The molecule has 1 aromatic carbocycles. The number of piperidine rings is 1. The highest BCUT2D eigenvalue weighted by atomic mass is 19.1. The first-order valence-corrected chi connectivity index (χ1v) is 10.3. The number of carbonyl (C=O) groups is 2. The third-order valence-corrected chi connectivity index (χ3v) is 6.75. The zero-order valence-electron chi connectivity index (χ0n) is 16.0. The second-order valence-corrected chi connectivity index (χ2v) is 8.72. The fourth-order valence-electron chi connectivity index (χ4n) is 4.58. The van der Waals surface area contributed by atoms with Crippen LogP contribution in [-0.4, -0.2) is 47.8 Å². The smallest absolute Gasteiger partial charge is 0.226 e. The van der Waals surface area contributed by atoms with E-state index < -0.39 is 0 Å². The van der Waals surface area contributed by atoms with Crippen molar-refractivity contribution in [2.24, 2.45) is 11.3 Å². The molecule has 4 nitrogen and oxygen atoms in total. The maximum absolute atomic E-state index is 13.0. The summed E-state index contributed by atoms with van der Waals surface area (Å²) < 4.78 is 13.0. The van der Waals surface area contributed by atoms with Crippen LogP contribution in [0.5, 0.6) is 0 Å². The first kappa shape index (κ1) is 18.5. The average molecular weight is 372 g/mol.